The summed E-state index contributed by atoms with van der Waals surface area (Å²) in [4.78, 5) is 20.1. The van der Waals surface area contributed by atoms with Gasteiger partial charge in [0, 0.05) is 6.54 Å². The highest BCUT2D eigenvalue weighted by molar-refractivity contribution is 5.64. The van der Waals surface area contributed by atoms with E-state index in [1.165, 1.54) is 6.08 Å². The van der Waals surface area contributed by atoms with Crippen LogP contribution < -0.4 is 22.5 Å². The number of hydrogen-bond acceptors (Lipinski definition) is 7. The molecule has 1 aromatic heterocycles. The van der Waals surface area contributed by atoms with Crippen LogP contribution >= 0.6 is 0 Å². The quantitative estimate of drug-likeness (QED) is 0.403. The Kier molecular flexibility index (Phi) is 5.71. The fourth-order valence-corrected chi connectivity index (χ4v) is 0.587. The van der Waals surface area contributed by atoms with Crippen LogP contribution in [0, 0.1) is 0 Å². The summed E-state index contributed by atoms with van der Waals surface area (Å²) in [7, 11) is 0. The van der Waals surface area contributed by atoms with Gasteiger partial charge in [0.2, 0.25) is 17.8 Å². The molecule has 0 spiro atoms. The first-order valence-corrected chi connectivity index (χ1v) is 4.06. The second kappa shape index (κ2) is 6.81. The zero-order valence-corrected chi connectivity index (χ0v) is 8.42. The second-order valence-corrected chi connectivity index (χ2v) is 2.38. The van der Waals surface area contributed by atoms with E-state index in [0.717, 1.165) is 0 Å². The maximum absolute atomic E-state index is 9.60. The minimum atomic E-state index is -1.01. The molecule has 8 N–H and O–H groups in total. The Hall–Kier alpha value is -2.58. The Morgan fingerprint density at radius 3 is 1.81 bits per heavy atom. The van der Waals surface area contributed by atoms with E-state index in [1.54, 1.807) is 0 Å². The number of nitrogens with two attached hydrogens (primary N) is 3. The molecular formula is C7H13N7O2. The van der Waals surface area contributed by atoms with Gasteiger partial charge in [-0.25, -0.2) is 4.79 Å². The SMILES string of the molecule is C=CCNC(=O)O.Nc1nc(N)nc(N)n1. The predicted molar refractivity (Wildman–Crippen MR) is 59.3 cm³/mol. The molecule has 0 aliphatic rings. The van der Waals surface area contributed by atoms with Crippen molar-refractivity contribution in [3.05, 3.63) is 12.7 Å². The van der Waals surface area contributed by atoms with Gasteiger partial charge in [0.05, 0.1) is 0 Å². The van der Waals surface area contributed by atoms with E-state index in [1.807, 2.05) is 0 Å². The Labute approximate surface area is 91.4 Å². The Balaban J connectivity index is 0.000000293. The average molecular weight is 227 g/mol. The van der Waals surface area contributed by atoms with Crippen LogP contribution in [-0.4, -0.2) is 32.7 Å². The number of hydrogen-bond donors (Lipinski definition) is 5. The zero-order chi connectivity index (χ0) is 12.6. The predicted octanol–water partition coefficient (Wildman–Crippen LogP) is -0.942. The lowest BCUT2D eigenvalue weighted by atomic mass is 10.6. The average Bonchev–Trinajstić information content (AvgIpc) is 2.13. The summed E-state index contributed by atoms with van der Waals surface area (Å²) in [5.74, 6) is 0.125. The van der Waals surface area contributed by atoms with Crippen molar-refractivity contribution in [3.63, 3.8) is 0 Å². The first-order valence-electron chi connectivity index (χ1n) is 4.06. The minimum absolute atomic E-state index is 0.0417. The van der Waals surface area contributed by atoms with Crippen LogP contribution in [0.15, 0.2) is 12.7 Å². The molecule has 1 rings (SSSR count). The molecule has 0 radical (unpaired) electrons. The second-order valence-electron chi connectivity index (χ2n) is 2.38. The van der Waals surface area contributed by atoms with Gasteiger partial charge in [-0.05, 0) is 0 Å². The Bertz CT molecular complexity index is 317. The highest BCUT2D eigenvalue weighted by Gasteiger charge is 1.93. The van der Waals surface area contributed by atoms with Crippen LogP contribution in [0.25, 0.3) is 0 Å². The summed E-state index contributed by atoms with van der Waals surface area (Å²) in [6.45, 7) is 3.62. The number of carbonyl (C=O) groups is 1. The van der Waals surface area contributed by atoms with E-state index in [0.29, 0.717) is 6.54 Å². The number of aromatic nitrogens is 3. The van der Waals surface area contributed by atoms with Crippen LogP contribution in [0.3, 0.4) is 0 Å². The number of carboxylic acid groups (broad SMARTS) is 1. The van der Waals surface area contributed by atoms with E-state index >= 15 is 0 Å². The van der Waals surface area contributed by atoms with Gasteiger partial charge in [0.1, 0.15) is 0 Å². The van der Waals surface area contributed by atoms with Crippen molar-refractivity contribution < 1.29 is 9.90 Å². The smallest absolute Gasteiger partial charge is 0.404 e. The number of rotatable bonds is 2. The first kappa shape index (κ1) is 13.4. The van der Waals surface area contributed by atoms with E-state index in [9.17, 15) is 4.79 Å². The zero-order valence-electron chi connectivity index (χ0n) is 8.42. The van der Waals surface area contributed by atoms with Gasteiger partial charge >= 0.3 is 6.09 Å². The van der Waals surface area contributed by atoms with Crippen molar-refractivity contribution in [2.75, 3.05) is 23.7 Å². The summed E-state index contributed by atoms with van der Waals surface area (Å²) >= 11 is 0. The standard InChI is InChI=1S/C4H7NO2.C3H6N6/c1-2-3-5-4(6)7;4-1-7-2(5)9-3(6)8-1/h2,5H,1,3H2,(H,6,7);(H6,4,5,6,7,8,9). The number of amides is 1. The van der Waals surface area contributed by atoms with E-state index < -0.39 is 6.09 Å². The molecule has 0 fully saturated rings. The number of anilines is 3. The van der Waals surface area contributed by atoms with E-state index in [-0.39, 0.29) is 17.8 Å². The normalized spacial score (nSPS) is 8.50. The van der Waals surface area contributed by atoms with Gasteiger partial charge < -0.3 is 27.6 Å². The molecule has 0 bridgehead atoms. The molecule has 0 aliphatic carbocycles. The summed E-state index contributed by atoms with van der Waals surface area (Å²) in [6, 6.07) is 0. The number of nitrogens with one attached hydrogen (secondary N) is 1. The Morgan fingerprint density at radius 2 is 1.62 bits per heavy atom. The lowest BCUT2D eigenvalue weighted by Gasteiger charge is -1.93. The third-order valence-corrected chi connectivity index (χ3v) is 1.08. The van der Waals surface area contributed by atoms with Gasteiger partial charge in [0.25, 0.3) is 0 Å². The molecule has 16 heavy (non-hydrogen) atoms. The van der Waals surface area contributed by atoms with Gasteiger partial charge in [-0.1, -0.05) is 6.08 Å². The lowest BCUT2D eigenvalue weighted by molar-refractivity contribution is 0.195. The molecule has 1 aromatic rings. The molecule has 9 heteroatoms. The van der Waals surface area contributed by atoms with Crippen molar-refractivity contribution in [1.82, 2.24) is 20.3 Å². The van der Waals surface area contributed by atoms with Crippen LogP contribution in [-0.2, 0) is 0 Å². The molecule has 0 unspecified atom stereocenters. The van der Waals surface area contributed by atoms with E-state index in [4.69, 9.17) is 22.3 Å². The Morgan fingerprint density at radius 1 is 1.25 bits per heavy atom. The van der Waals surface area contributed by atoms with Crippen LogP contribution in [0.2, 0.25) is 0 Å². The van der Waals surface area contributed by atoms with Gasteiger partial charge in [-0.3, -0.25) is 0 Å². The molecule has 0 saturated carbocycles. The summed E-state index contributed by atoms with van der Waals surface area (Å²) < 4.78 is 0. The van der Waals surface area contributed by atoms with Gasteiger partial charge in [0.15, 0.2) is 0 Å². The monoisotopic (exact) mass is 227 g/mol. The van der Waals surface area contributed by atoms with Gasteiger partial charge in [-0.2, -0.15) is 15.0 Å². The number of nitrogens with zero attached hydrogens (tertiary/aromatic N) is 3. The molecule has 9 nitrogen and oxygen atoms in total. The molecule has 88 valence electrons. The molecule has 0 saturated heterocycles. The summed E-state index contributed by atoms with van der Waals surface area (Å²) in [5.41, 5.74) is 15.4. The molecule has 0 aliphatic heterocycles. The third-order valence-electron chi connectivity index (χ3n) is 1.08. The molecule has 1 heterocycles. The van der Waals surface area contributed by atoms with Crippen molar-refractivity contribution in [3.8, 4) is 0 Å². The first-order chi connectivity index (χ1) is 7.45. The minimum Gasteiger partial charge on any atom is -0.465 e. The van der Waals surface area contributed by atoms with Crippen LogP contribution in [0.4, 0.5) is 22.6 Å². The van der Waals surface area contributed by atoms with Crippen molar-refractivity contribution in [2.24, 2.45) is 0 Å². The van der Waals surface area contributed by atoms with Gasteiger partial charge in [-0.15, -0.1) is 6.58 Å². The maximum Gasteiger partial charge on any atom is 0.404 e. The fraction of sp³-hybridized carbons (Fsp3) is 0.143. The van der Waals surface area contributed by atoms with Crippen molar-refractivity contribution in [2.45, 2.75) is 0 Å². The highest BCUT2D eigenvalue weighted by atomic mass is 16.4. The summed E-state index contributed by atoms with van der Waals surface area (Å²) in [5, 5.41) is 9.98. The molecular weight excluding hydrogens is 214 g/mol. The van der Waals surface area contributed by atoms with Crippen molar-refractivity contribution >= 4 is 23.9 Å². The molecule has 1 amide bonds. The van der Waals surface area contributed by atoms with Crippen LogP contribution in [0.1, 0.15) is 0 Å². The maximum atomic E-state index is 9.60. The molecule has 0 aromatic carbocycles. The topological polar surface area (TPSA) is 166 Å². The van der Waals surface area contributed by atoms with Crippen molar-refractivity contribution in [1.29, 1.82) is 0 Å². The third kappa shape index (κ3) is 6.88. The van der Waals surface area contributed by atoms with Crippen LogP contribution in [0.5, 0.6) is 0 Å². The lowest BCUT2D eigenvalue weighted by Crippen LogP contribution is -2.19. The largest absolute Gasteiger partial charge is 0.465 e. The fourth-order valence-electron chi connectivity index (χ4n) is 0.587. The summed E-state index contributed by atoms with van der Waals surface area (Å²) in [6.07, 6.45) is 0.466. The van der Waals surface area contributed by atoms with E-state index in [2.05, 4.69) is 26.8 Å². The highest BCUT2D eigenvalue weighted by Crippen LogP contribution is 1.97. The molecule has 0 atom stereocenters. The number of nitrogen functional groups attached to an aromatic ring is 3.